The number of carboxylic acids is 1. The van der Waals surface area contributed by atoms with Gasteiger partial charge in [0.2, 0.25) is 11.6 Å². The van der Waals surface area contributed by atoms with Gasteiger partial charge in [0.1, 0.15) is 13.2 Å². The van der Waals surface area contributed by atoms with Gasteiger partial charge < -0.3 is 14.6 Å². The minimum absolute atomic E-state index is 0.0771. The molecule has 0 radical (unpaired) electrons. The second-order valence-electron chi connectivity index (χ2n) is 7.71. The lowest BCUT2D eigenvalue weighted by molar-refractivity contribution is -0.136. The third kappa shape index (κ3) is 8.64. The van der Waals surface area contributed by atoms with E-state index in [1.54, 1.807) is 24.3 Å². The molecule has 0 heterocycles. The van der Waals surface area contributed by atoms with Gasteiger partial charge in [0.25, 0.3) is 0 Å². The van der Waals surface area contributed by atoms with Gasteiger partial charge in [0.15, 0.2) is 23.1 Å². The van der Waals surface area contributed by atoms with Crippen molar-refractivity contribution < 1.29 is 36.9 Å². The second kappa shape index (κ2) is 13.5. The van der Waals surface area contributed by atoms with Crippen LogP contribution in [0, 0.1) is 23.3 Å². The number of hydrogen-bond donors (Lipinski definition) is 1. The summed E-state index contributed by atoms with van der Waals surface area (Å²) < 4.78 is 64.3. The van der Waals surface area contributed by atoms with E-state index < -0.39 is 29.2 Å². The number of rotatable bonds is 8. The Morgan fingerprint density at radius 1 is 0.676 bits per heavy atom. The molecule has 0 unspecified atom stereocenters. The molecule has 0 amide bonds. The first-order valence-electron chi connectivity index (χ1n) is 10.9. The van der Waals surface area contributed by atoms with E-state index in [4.69, 9.17) is 14.6 Å². The number of hydrogen-bond acceptors (Lipinski definition) is 3. The van der Waals surface area contributed by atoms with Crippen LogP contribution in [0.1, 0.15) is 16.7 Å². The van der Waals surface area contributed by atoms with Crippen molar-refractivity contribution in [2.45, 2.75) is 19.6 Å². The molecule has 0 aliphatic carbocycles. The summed E-state index contributed by atoms with van der Waals surface area (Å²) in [6.07, 6.45) is -0.390. The van der Waals surface area contributed by atoms with E-state index in [0.717, 1.165) is 23.3 Å². The lowest BCUT2D eigenvalue weighted by Gasteiger charge is -2.09. The number of carbonyl (C=O) groups is 1. The van der Waals surface area contributed by atoms with Crippen LogP contribution in [0.2, 0.25) is 0 Å². The number of carboxylic acid groups (broad SMARTS) is 1. The SMILES string of the molecule is Fc1cc(Br)cc(OCc2ccccc2)c1F.O=C(O)Cc1cc(F)c(F)c(OCc2ccccc2)c1. The average molecular weight is 577 g/mol. The van der Waals surface area contributed by atoms with Crippen LogP contribution >= 0.6 is 15.9 Å². The Bertz CT molecular complexity index is 1340. The van der Waals surface area contributed by atoms with Crippen LogP contribution < -0.4 is 9.47 Å². The summed E-state index contributed by atoms with van der Waals surface area (Å²) in [5.74, 6) is -5.63. The highest BCUT2D eigenvalue weighted by atomic mass is 79.9. The number of benzene rings is 4. The van der Waals surface area contributed by atoms with E-state index in [1.165, 1.54) is 12.1 Å². The zero-order valence-corrected chi connectivity index (χ0v) is 20.9. The number of halogens is 5. The van der Waals surface area contributed by atoms with E-state index in [2.05, 4.69) is 15.9 Å². The van der Waals surface area contributed by atoms with Crippen LogP contribution in [0.25, 0.3) is 0 Å². The molecular weight excluding hydrogens is 556 g/mol. The Balaban J connectivity index is 0.000000208. The summed E-state index contributed by atoms with van der Waals surface area (Å²) in [5, 5.41) is 8.67. The Hall–Kier alpha value is -3.85. The molecule has 9 heteroatoms. The van der Waals surface area contributed by atoms with Gasteiger partial charge in [0.05, 0.1) is 6.42 Å². The highest BCUT2D eigenvalue weighted by molar-refractivity contribution is 9.10. The maximum absolute atomic E-state index is 13.6. The van der Waals surface area contributed by atoms with Gasteiger partial charge in [-0.15, -0.1) is 0 Å². The molecule has 0 saturated heterocycles. The molecule has 0 atom stereocenters. The molecule has 1 N–H and O–H groups in total. The fourth-order valence-corrected chi connectivity index (χ4v) is 3.52. The van der Waals surface area contributed by atoms with Crippen molar-refractivity contribution >= 4 is 21.9 Å². The molecule has 0 aliphatic rings. The van der Waals surface area contributed by atoms with Gasteiger partial charge in [-0.2, -0.15) is 8.78 Å². The molecule has 0 saturated carbocycles. The summed E-state index contributed by atoms with van der Waals surface area (Å²) in [4.78, 5) is 10.6. The molecule has 0 spiro atoms. The highest BCUT2D eigenvalue weighted by Gasteiger charge is 2.14. The summed E-state index contributed by atoms with van der Waals surface area (Å²) in [6.45, 7) is 0.279. The maximum atomic E-state index is 13.6. The fraction of sp³-hybridized carbons (Fsp3) is 0.107. The van der Waals surface area contributed by atoms with Crippen molar-refractivity contribution in [3.8, 4) is 11.5 Å². The normalized spacial score (nSPS) is 10.3. The van der Waals surface area contributed by atoms with Crippen molar-refractivity contribution in [2.24, 2.45) is 0 Å². The van der Waals surface area contributed by atoms with Gasteiger partial charge in [0, 0.05) is 4.47 Å². The molecule has 4 nitrogen and oxygen atoms in total. The average Bonchev–Trinajstić information content (AvgIpc) is 2.88. The monoisotopic (exact) mass is 576 g/mol. The van der Waals surface area contributed by atoms with E-state index in [9.17, 15) is 22.4 Å². The summed E-state index contributed by atoms with van der Waals surface area (Å²) in [7, 11) is 0. The van der Waals surface area contributed by atoms with Crippen LogP contribution in [0.15, 0.2) is 89.4 Å². The van der Waals surface area contributed by atoms with Crippen molar-refractivity contribution in [1.29, 1.82) is 0 Å². The predicted octanol–water partition coefficient (Wildman–Crippen LogP) is 7.48. The molecule has 4 aromatic rings. The van der Waals surface area contributed by atoms with E-state index in [0.29, 0.717) is 4.47 Å². The molecule has 4 rings (SSSR count). The van der Waals surface area contributed by atoms with Crippen LogP contribution in [0.5, 0.6) is 11.5 Å². The summed E-state index contributed by atoms with van der Waals surface area (Å²) >= 11 is 3.09. The Morgan fingerprint density at radius 2 is 1.14 bits per heavy atom. The second-order valence-corrected chi connectivity index (χ2v) is 8.62. The molecule has 4 aromatic carbocycles. The molecule has 192 valence electrons. The largest absolute Gasteiger partial charge is 0.486 e. The van der Waals surface area contributed by atoms with Crippen LogP contribution in [-0.2, 0) is 24.4 Å². The summed E-state index contributed by atoms with van der Waals surface area (Å²) in [5.41, 5.74) is 1.85. The lowest BCUT2D eigenvalue weighted by atomic mass is 10.1. The molecular formula is C28H21BrF4O4. The van der Waals surface area contributed by atoms with Crippen molar-refractivity contribution in [2.75, 3.05) is 0 Å². The van der Waals surface area contributed by atoms with E-state index in [1.807, 2.05) is 36.4 Å². The predicted molar refractivity (Wildman–Crippen MR) is 133 cm³/mol. The van der Waals surface area contributed by atoms with Crippen molar-refractivity contribution in [3.05, 3.63) is 129 Å². The van der Waals surface area contributed by atoms with Crippen molar-refractivity contribution in [3.63, 3.8) is 0 Å². The Morgan fingerprint density at radius 3 is 1.62 bits per heavy atom. The quantitative estimate of drug-likeness (QED) is 0.174. The van der Waals surface area contributed by atoms with Gasteiger partial charge in [-0.3, -0.25) is 4.79 Å². The number of ether oxygens (including phenoxy) is 2. The Labute approximate surface area is 219 Å². The summed E-state index contributed by atoms with van der Waals surface area (Å²) in [6, 6.07) is 22.8. The highest BCUT2D eigenvalue weighted by Crippen LogP contribution is 2.26. The maximum Gasteiger partial charge on any atom is 0.307 e. The smallest absolute Gasteiger partial charge is 0.307 e. The van der Waals surface area contributed by atoms with E-state index in [-0.39, 0.29) is 36.7 Å². The standard InChI is InChI=1S/C15H12F2O3.C13H9BrF2O/c16-12-6-11(8-14(18)19)7-13(15(12)17)20-9-10-4-2-1-3-5-10;14-10-6-11(15)13(16)12(7-10)17-8-9-4-2-1-3-5-9/h1-7H,8-9H2,(H,18,19);1-7H,8H2. The third-order valence-electron chi connectivity index (χ3n) is 4.84. The zero-order chi connectivity index (χ0) is 26.8. The Kier molecular flexibility index (Phi) is 10.1. The minimum Gasteiger partial charge on any atom is -0.486 e. The fourth-order valence-electron chi connectivity index (χ4n) is 3.11. The lowest BCUT2D eigenvalue weighted by Crippen LogP contribution is -2.04. The van der Waals surface area contributed by atoms with Crippen LogP contribution in [0.3, 0.4) is 0 Å². The number of aliphatic carboxylic acids is 1. The third-order valence-corrected chi connectivity index (χ3v) is 5.30. The van der Waals surface area contributed by atoms with Gasteiger partial charge >= 0.3 is 5.97 Å². The molecule has 0 bridgehead atoms. The molecule has 0 fully saturated rings. The van der Waals surface area contributed by atoms with E-state index >= 15 is 0 Å². The topological polar surface area (TPSA) is 55.8 Å². The molecule has 37 heavy (non-hydrogen) atoms. The van der Waals surface area contributed by atoms with Gasteiger partial charge in [-0.25, -0.2) is 8.78 Å². The van der Waals surface area contributed by atoms with Crippen molar-refractivity contribution in [1.82, 2.24) is 0 Å². The van der Waals surface area contributed by atoms with Gasteiger partial charge in [-0.05, 0) is 41.0 Å². The van der Waals surface area contributed by atoms with Gasteiger partial charge in [-0.1, -0.05) is 76.6 Å². The first-order chi connectivity index (χ1) is 17.7. The first kappa shape index (κ1) is 27.7. The minimum atomic E-state index is -1.12. The zero-order valence-electron chi connectivity index (χ0n) is 19.3. The first-order valence-corrected chi connectivity index (χ1v) is 11.7. The molecule has 0 aliphatic heterocycles. The van der Waals surface area contributed by atoms with Crippen LogP contribution in [0.4, 0.5) is 17.6 Å². The molecule has 0 aromatic heterocycles. The van der Waals surface area contributed by atoms with Crippen LogP contribution in [-0.4, -0.2) is 11.1 Å².